The standard InChI is InChI=1S/C21H22BrN5O2S/c22-15-5-3-4-14(8-15)21-26-17(13-30-21)9-19(28)25-18-10-23-27(11-18)12-20(29)24-16-6-1-2-7-16/h3-5,8,10-11,13,16H,1-2,6-7,9,12H2,(H,24,29)(H,25,28). The zero-order valence-electron chi connectivity index (χ0n) is 16.3. The van der Waals surface area contributed by atoms with Crippen LogP contribution in [0.25, 0.3) is 10.6 Å². The lowest BCUT2D eigenvalue weighted by molar-refractivity contribution is -0.122. The first-order chi connectivity index (χ1) is 14.5. The van der Waals surface area contributed by atoms with Gasteiger partial charge in [-0.2, -0.15) is 5.10 Å². The molecule has 0 unspecified atom stereocenters. The molecule has 7 nitrogen and oxygen atoms in total. The maximum Gasteiger partial charge on any atom is 0.241 e. The van der Waals surface area contributed by atoms with Crippen LogP contribution < -0.4 is 10.6 Å². The van der Waals surface area contributed by atoms with Crippen LogP contribution in [-0.2, 0) is 22.6 Å². The van der Waals surface area contributed by atoms with Crippen LogP contribution in [0.3, 0.4) is 0 Å². The van der Waals surface area contributed by atoms with Crippen molar-refractivity contribution >= 4 is 44.8 Å². The molecule has 0 saturated heterocycles. The third-order valence-corrected chi connectivity index (χ3v) is 6.34. The predicted octanol–water partition coefficient (Wildman–Crippen LogP) is 4.01. The lowest BCUT2D eigenvalue weighted by Crippen LogP contribution is -2.35. The summed E-state index contributed by atoms with van der Waals surface area (Å²) >= 11 is 4.97. The van der Waals surface area contributed by atoms with E-state index in [0.29, 0.717) is 5.69 Å². The van der Waals surface area contributed by atoms with Gasteiger partial charge in [-0.3, -0.25) is 14.3 Å². The number of nitrogens with one attached hydrogen (secondary N) is 2. The van der Waals surface area contributed by atoms with Crippen molar-refractivity contribution in [3.05, 3.63) is 52.2 Å². The molecule has 2 N–H and O–H groups in total. The topological polar surface area (TPSA) is 88.9 Å². The summed E-state index contributed by atoms with van der Waals surface area (Å²) in [6.07, 6.45) is 7.84. The molecular formula is C21H22BrN5O2S. The van der Waals surface area contributed by atoms with Crippen molar-refractivity contribution < 1.29 is 9.59 Å². The third-order valence-electron chi connectivity index (χ3n) is 4.91. The van der Waals surface area contributed by atoms with E-state index in [2.05, 4.69) is 36.6 Å². The Kier molecular flexibility index (Phi) is 6.59. The molecule has 0 atom stereocenters. The van der Waals surface area contributed by atoms with E-state index in [1.165, 1.54) is 28.9 Å². The van der Waals surface area contributed by atoms with Gasteiger partial charge in [-0.15, -0.1) is 11.3 Å². The Labute approximate surface area is 187 Å². The lowest BCUT2D eigenvalue weighted by atomic mass is 10.2. The summed E-state index contributed by atoms with van der Waals surface area (Å²) in [4.78, 5) is 29.0. The van der Waals surface area contributed by atoms with Gasteiger partial charge in [0.2, 0.25) is 11.8 Å². The average Bonchev–Trinajstić information content (AvgIpc) is 3.45. The summed E-state index contributed by atoms with van der Waals surface area (Å²) in [6.45, 7) is 0.147. The molecule has 9 heteroatoms. The second-order valence-corrected chi connectivity index (χ2v) is 9.13. The highest BCUT2D eigenvalue weighted by Gasteiger charge is 2.17. The molecule has 1 aliphatic rings. The van der Waals surface area contributed by atoms with Gasteiger partial charge in [-0.1, -0.05) is 40.9 Å². The zero-order chi connectivity index (χ0) is 20.9. The minimum absolute atomic E-state index is 0.0505. The molecule has 30 heavy (non-hydrogen) atoms. The Morgan fingerprint density at radius 2 is 2.07 bits per heavy atom. The van der Waals surface area contributed by atoms with E-state index in [4.69, 9.17) is 0 Å². The monoisotopic (exact) mass is 487 g/mol. The Morgan fingerprint density at radius 3 is 2.87 bits per heavy atom. The number of carbonyl (C=O) groups is 2. The SMILES string of the molecule is O=C(Cc1csc(-c2cccc(Br)c2)n1)Nc1cnn(CC(=O)NC2CCCC2)c1. The van der Waals surface area contributed by atoms with Crippen molar-refractivity contribution in [3.63, 3.8) is 0 Å². The van der Waals surface area contributed by atoms with Gasteiger partial charge < -0.3 is 10.6 Å². The Hall–Kier alpha value is -2.52. The molecular weight excluding hydrogens is 466 g/mol. The van der Waals surface area contributed by atoms with Crippen molar-refractivity contribution in [1.29, 1.82) is 0 Å². The van der Waals surface area contributed by atoms with Gasteiger partial charge in [0.05, 0.1) is 24.0 Å². The second-order valence-electron chi connectivity index (χ2n) is 7.35. The minimum atomic E-state index is -0.170. The van der Waals surface area contributed by atoms with Crippen LogP contribution in [0.5, 0.6) is 0 Å². The normalized spacial score (nSPS) is 14.0. The first-order valence-electron chi connectivity index (χ1n) is 9.87. The number of aromatic nitrogens is 3. The van der Waals surface area contributed by atoms with Gasteiger partial charge in [-0.05, 0) is 25.0 Å². The molecule has 1 aliphatic carbocycles. The maximum atomic E-state index is 12.4. The molecule has 1 fully saturated rings. The summed E-state index contributed by atoms with van der Waals surface area (Å²) in [7, 11) is 0. The van der Waals surface area contributed by atoms with E-state index in [1.807, 2.05) is 29.6 Å². The number of hydrogen-bond acceptors (Lipinski definition) is 5. The molecule has 2 amide bonds. The zero-order valence-corrected chi connectivity index (χ0v) is 18.7. The fourth-order valence-corrected chi connectivity index (χ4v) is 4.73. The highest BCUT2D eigenvalue weighted by Crippen LogP contribution is 2.26. The van der Waals surface area contributed by atoms with Crippen LogP contribution in [0.15, 0.2) is 46.5 Å². The molecule has 0 spiro atoms. The predicted molar refractivity (Wildman–Crippen MR) is 120 cm³/mol. The number of nitrogens with zero attached hydrogens (tertiary/aromatic N) is 3. The number of thiazole rings is 1. The van der Waals surface area contributed by atoms with E-state index < -0.39 is 0 Å². The summed E-state index contributed by atoms with van der Waals surface area (Å²) in [5.74, 6) is -0.221. The number of hydrogen-bond donors (Lipinski definition) is 2. The van der Waals surface area contributed by atoms with Crippen molar-refractivity contribution in [2.45, 2.75) is 44.7 Å². The van der Waals surface area contributed by atoms with Crippen molar-refractivity contribution in [2.75, 3.05) is 5.32 Å². The number of amides is 2. The van der Waals surface area contributed by atoms with Gasteiger partial charge in [0.1, 0.15) is 11.6 Å². The third kappa shape index (κ3) is 5.54. The summed E-state index contributed by atoms with van der Waals surface area (Å²) in [6, 6.07) is 8.19. The molecule has 4 rings (SSSR count). The Bertz CT molecular complexity index is 1040. The summed E-state index contributed by atoms with van der Waals surface area (Å²) in [5.41, 5.74) is 2.30. The van der Waals surface area contributed by atoms with Crippen LogP contribution in [0.4, 0.5) is 5.69 Å². The Morgan fingerprint density at radius 1 is 1.23 bits per heavy atom. The molecule has 1 saturated carbocycles. The van der Waals surface area contributed by atoms with Gasteiger partial charge in [-0.25, -0.2) is 4.98 Å². The van der Waals surface area contributed by atoms with Gasteiger partial charge in [0, 0.05) is 27.7 Å². The molecule has 0 aliphatic heterocycles. The number of carbonyl (C=O) groups excluding carboxylic acids is 2. The molecule has 1 aromatic carbocycles. The molecule has 3 aromatic rings. The number of rotatable bonds is 7. The van der Waals surface area contributed by atoms with Crippen LogP contribution >= 0.6 is 27.3 Å². The molecule has 156 valence electrons. The largest absolute Gasteiger partial charge is 0.352 e. The molecule has 0 radical (unpaired) electrons. The average molecular weight is 488 g/mol. The van der Waals surface area contributed by atoms with Crippen LogP contribution in [-0.4, -0.2) is 32.6 Å². The maximum absolute atomic E-state index is 12.4. The van der Waals surface area contributed by atoms with Gasteiger partial charge in [0.15, 0.2) is 0 Å². The number of halogens is 1. The second kappa shape index (κ2) is 9.53. The number of benzene rings is 1. The number of anilines is 1. The van der Waals surface area contributed by atoms with Gasteiger partial charge >= 0.3 is 0 Å². The van der Waals surface area contributed by atoms with Crippen LogP contribution in [0.1, 0.15) is 31.4 Å². The van der Waals surface area contributed by atoms with E-state index in [9.17, 15) is 9.59 Å². The molecule has 2 aromatic heterocycles. The van der Waals surface area contributed by atoms with Crippen molar-refractivity contribution in [2.24, 2.45) is 0 Å². The molecule has 0 bridgehead atoms. The lowest BCUT2D eigenvalue weighted by Gasteiger charge is -2.11. The fraction of sp³-hybridized carbons (Fsp3) is 0.333. The molecule has 2 heterocycles. The minimum Gasteiger partial charge on any atom is -0.352 e. The summed E-state index contributed by atoms with van der Waals surface area (Å²) < 4.78 is 2.53. The van der Waals surface area contributed by atoms with Crippen LogP contribution in [0.2, 0.25) is 0 Å². The smallest absolute Gasteiger partial charge is 0.241 e. The van der Waals surface area contributed by atoms with Gasteiger partial charge in [0.25, 0.3) is 0 Å². The first-order valence-corrected chi connectivity index (χ1v) is 11.5. The van der Waals surface area contributed by atoms with Crippen LogP contribution in [0, 0.1) is 0 Å². The van der Waals surface area contributed by atoms with E-state index in [-0.39, 0.29) is 30.8 Å². The highest BCUT2D eigenvalue weighted by molar-refractivity contribution is 9.10. The quantitative estimate of drug-likeness (QED) is 0.526. The van der Waals surface area contributed by atoms with Crippen molar-refractivity contribution in [3.8, 4) is 10.6 Å². The van der Waals surface area contributed by atoms with Crippen molar-refractivity contribution in [1.82, 2.24) is 20.1 Å². The van der Waals surface area contributed by atoms with E-state index >= 15 is 0 Å². The fourth-order valence-electron chi connectivity index (χ4n) is 3.52. The highest BCUT2D eigenvalue weighted by atomic mass is 79.9. The Balaban J connectivity index is 1.29. The van der Waals surface area contributed by atoms with E-state index in [0.717, 1.165) is 33.6 Å². The first kappa shape index (κ1) is 20.7. The van der Waals surface area contributed by atoms with E-state index in [1.54, 1.807) is 12.4 Å². The summed E-state index contributed by atoms with van der Waals surface area (Å²) in [5, 5.41) is 12.8.